The SMILES string of the molecule is CCOC(=O)c1sc(N2C(=O)C3=C(C(=O)C4CC(F)CCC4O3)C2c2ccc(F)cc2)nc1C. The Labute approximate surface area is 198 Å². The molecule has 0 saturated heterocycles. The van der Waals surface area contributed by atoms with Gasteiger partial charge in [-0.25, -0.2) is 18.6 Å². The summed E-state index contributed by atoms with van der Waals surface area (Å²) in [5.74, 6) is -2.70. The molecule has 3 aliphatic rings. The van der Waals surface area contributed by atoms with Crippen molar-refractivity contribution in [3.63, 3.8) is 0 Å². The average molecular weight is 489 g/mol. The second-order valence-corrected chi connectivity index (χ2v) is 9.52. The van der Waals surface area contributed by atoms with Gasteiger partial charge in [0.2, 0.25) is 0 Å². The van der Waals surface area contributed by atoms with Gasteiger partial charge in [-0.05, 0) is 50.8 Å². The minimum absolute atomic E-state index is 0.0357. The van der Waals surface area contributed by atoms with E-state index in [-0.39, 0.29) is 46.6 Å². The Bertz CT molecular complexity index is 1210. The smallest absolute Gasteiger partial charge is 0.350 e. The van der Waals surface area contributed by atoms with Gasteiger partial charge in [-0.3, -0.25) is 14.5 Å². The quantitative estimate of drug-likeness (QED) is 0.600. The lowest BCUT2D eigenvalue weighted by atomic mass is 9.77. The number of aryl methyl sites for hydroxylation is 1. The van der Waals surface area contributed by atoms with Crippen molar-refractivity contribution >= 4 is 34.1 Å². The largest absolute Gasteiger partial charge is 0.483 e. The Morgan fingerprint density at radius 2 is 2.00 bits per heavy atom. The molecular formula is C24H22F2N2O5S. The van der Waals surface area contributed by atoms with E-state index in [9.17, 15) is 23.2 Å². The fraction of sp³-hybridized carbons (Fsp3) is 0.417. The summed E-state index contributed by atoms with van der Waals surface area (Å²) in [6.07, 6.45) is -1.03. The van der Waals surface area contributed by atoms with E-state index in [1.165, 1.54) is 29.2 Å². The fourth-order valence-electron chi connectivity index (χ4n) is 4.84. The van der Waals surface area contributed by atoms with Crippen LogP contribution in [0.3, 0.4) is 0 Å². The standard InChI is InChI=1S/C24H22F2N2O5S/c1-3-32-23(31)21-11(2)27-24(34-21)28-18(12-4-6-13(25)7-5-12)17-19(29)15-10-14(26)8-9-16(15)33-20(17)22(28)30/h4-7,14-16,18H,3,8-10H2,1-2H3. The van der Waals surface area contributed by atoms with Crippen molar-refractivity contribution in [3.05, 3.63) is 57.5 Å². The molecule has 1 aromatic carbocycles. The second kappa shape index (κ2) is 8.57. The molecule has 2 aromatic rings. The number of ketones is 1. The number of benzene rings is 1. The number of alkyl halides is 1. The molecule has 4 unspecified atom stereocenters. The lowest BCUT2D eigenvalue weighted by Crippen LogP contribution is -2.42. The van der Waals surface area contributed by atoms with Crippen LogP contribution in [0.5, 0.6) is 0 Å². The first kappa shape index (κ1) is 22.6. The van der Waals surface area contributed by atoms with Crippen molar-refractivity contribution in [1.29, 1.82) is 0 Å². The zero-order valence-corrected chi connectivity index (χ0v) is 19.4. The Morgan fingerprint density at radius 3 is 2.71 bits per heavy atom. The second-order valence-electron chi connectivity index (χ2n) is 8.54. The molecule has 3 heterocycles. The molecule has 0 N–H and O–H groups in total. The lowest BCUT2D eigenvalue weighted by molar-refractivity contribution is -0.133. The van der Waals surface area contributed by atoms with Crippen LogP contribution in [0.2, 0.25) is 0 Å². The van der Waals surface area contributed by atoms with Gasteiger partial charge in [-0.15, -0.1) is 0 Å². The predicted octanol–water partition coefficient (Wildman–Crippen LogP) is 4.22. The van der Waals surface area contributed by atoms with Gasteiger partial charge in [0.05, 0.1) is 29.8 Å². The van der Waals surface area contributed by atoms with Crippen molar-refractivity contribution in [2.45, 2.75) is 51.4 Å². The van der Waals surface area contributed by atoms with Crippen LogP contribution >= 0.6 is 11.3 Å². The zero-order valence-electron chi connectivity index (χ0n) is 18.5. The van der Waals surface area contributed by atoms with Gasteiger partial charge in [0.1, 0.15) is 23.0 Å². The number of hydrogen-bond acceptors (Lipinski definition) is 7. The Hall–Kier alpha value is -3.14. The van der Waals surface area contributed by atoms with E-state index in [4.69, 9.17) is 9.47 Å². The van der Waals surface area contributed by atoms with E-state index in [1.54, 1.807) is 13.8 Å². The zero-order chi connectivity index (χ0) is 24.1. The maximum absolute atomic E-state index is 14.1. The van der Waals surface area contributed by atoms with Crippen molar-refractivity contribution in [2.24, 2.45) is 5.92 Å². The number of carbonyl (C=O) groups is 3. The van der Waals surface area contributed by atoms with Gasteiger partial charge < -0.3 is 9.47 Å². The molecule has 1 amide bonds. The molecule has 0 radical (unpaired) electrons. The third-order valence-corrected chi connectivity index (χ3v) is 7.56. The highest BCUT2D eigenvalue weighted by atomic mass is 32.1. The number of aromatic nitrogens is 1. The summed E-state index contributed by atoms with van der Waals surface area (Å²) >= 11 is 0.975. The number of esters is 1. The highest BCUT2D eigenvalue weighted by Gasteiger charge is 2.54. The molecule has 2 aliphatic heterocycles. The highest BCUT2D eigenvalue weighted by Crippen LogP contribution is 2.49. The van der Waals surface area contributed by atoms with Crippen LogP contribution in [-0.4, -0.2) is 41.5 Å². The van der Waals surface area contributed by atoms with Gasteiger partial charge in [0.15, 0.2) is 16.7 Å². The van der Waals surface area contributed by atoms with E-state index < -0.39 is 41.9 Å². The van der Waals surface area contributed by atoms with Crippen LogP contribution in [0.1, 0.15) is 53.2 Å². The van der Waals surface area contributed by atoms with Crippen LogP contribution in [0.15, 0.2) is 35.6 Å². The van der Waals surface area contributed by atoms with E-state index >= 15 is 0 Å². The molecule has 0 bridgehead atoms. The molecule has 1 aliphatic carbocycles. The lowest BCUT2D eigenvalue weighted by Gasteiger charge is -2.36. The Morgan fingerprint density at radius 1 is 1.26 bits per heavy atom. The number of fused-ring (bicyclic) bond motifs is 1. The van der Waals surface area contributed by atoms with Gasteiger partial charge in [-0.2, -0.15) is 0 Å². The van der Waals surface area contributed by atoms with Gasteiger partial charge in [-0.1, -0.05) is 23.5 Å². The van der Waals surface area contributed by atoms with Crippen LogP contribution in [-0.2, 0) is 19.1 Å². The summed E-state index contributed by atoms with van der Waals surface area (Å²) in [6, 6.07) is 4.52. The number of ether oxygens (including phenoxy) is 2. The number of hydrogen-bond donors (Lipinski definition) is 0. The summed E-state index contributed by atoms with van der Waals surface area (Å²) < 4.78 is 38.9. The predicted molar refractivity (Wildman–Crippen MR) is 119 cm³/mol. The number of rotatable bonds is 4. The molecule has 1 aromatic heterocycles. The molecule has 4 atom stereocenters. The van der Waals surface area contributed by atoms with E-state index in [1.807, 2.05) is 0 Å². The van der Waals surface area contributed by atoms with Crippen LogP contribution in [0.4, 0.5) is 13.9 Å². The van der Waals surface area contributed by atoms with Crippen LogP contribution in [0, 0.1) is 18.7 Å². The molecular weight excluding hydrogens is 466 g/mol. The average Bonchev–Trinajstić information content (AvgIpc) is 3.33. The topological polar surface area (TPSA) is 85.8 Å². The third kappa shape index (κ3) is 3.60. The molecule has 7 nitrogen and oxygen atoms in total. The maximum Gasteiger partial charge on any atom is 0.350 e. The Kier molecular flexibility index (Phi) is 5.71. The first-order valence-corrected chi connectivity index (χ1v) is 11.9. The summed E-state index contributed by atoms with van der Waals surface area (Å²) in [7, 11) is 0. The van der Waals surface area contributed by atoms with E-state index in [2.05, 4.69) is 4.98 Å². The summed E-state index contributed by atoms with van der Waals surface area (Å²) in [4.78, 5) is 45.5. The summed E-state index contributed by atoms with van der Waals surface area (Å²) in [5, 5.41) is 0.192. The van der Waals surface area contributed by atoms with E-state index in [0.717, 1.165) is 11.3 Å². The first-order valence-electron chi connectivity index (χ1n) is 11.1. The minimum atomic E-state index is -1.11. The fourth-order valence-corrected chi connectivity index (χ4v) is 5.83. The van der Waals surface area contributed by atoms with Gasteiger partial charge in [0, 0.05) is 0 Å². The molecule has 1 fully saturated rings. The van der Waals surface area contributed by atoms with E-state index in [0.29, 0.717) is 17.7 Å². The van der Waals surface area contributed by atoms with Gasteiger partial charge in [0.25, 0.3) is 5.91 Å². The first-order chi connectivity index (χ1) is 16.3. The van der Waals surface area contributed by atoms with Crippen molar-refractivity contribution < 1.29 is 32.6 Å². The van der Waals surface area contributed by atoms with Crippen molar-refractivity contribution in [3.8, 4) is 0 Å². The highest BCUT2D eigenvalue weighted by molar-refractivity contribution is 7.17. The molecule has 178 valence electrons. The number of amides is 1. The van der Waals surface area contributed by atoms with Crippen LogP contribution in [0.25, 0.3) is 0 Å². The molecule has 34 heavy (non-hydrogen) atoms. The molecule has 0 spiro atoms. The molecule has 5 rings (SSSR count). The minimum Gasteiger partial charge on any atom is -0.483 e. The number of nitrogens with zero attached hydrogens (tertiary/aromatic N) is 2. The van der Waals surface area contributed by atoms with Crippen molar-refractivity contribution in [2.75, 3.05) is 11.5 Å². The maximum atomic E-state index is 14.1. The number of halogens is 2. The number of thiazole rings is 1. The third-order valence-electron chi connectivity index (χ3n) is 6.42. The Balaban J connectivity index is 1.61. The summed E-state index contributed by atoms with van der Waals surface area (Å²) in [6.45, 7) is 3.50. The number of carbonyl (C=O) groups excluding carboxylic acids is 3. The van der Waals surface area contributed by atoms with Crippen LogP contribution < -0.4 is 4.90 Å². The van der Waals surface area contributed by atoms with Gasteiger partial charge >= 0.3 is 5.97 Å². The normalized spacial score (nSPS) is 26.3. The number of anilines is 1. The van der Waals surface area contributed by atoms with Crippen molar-refractivity contribution in [1.82, 2.24) is 4.98 Å². The molecule has 1 saturated carbocycles. The monoisotopic (exact) mass is 488 g/mol. The number of Topliss-reactive ketones (excluding diaryl/α,β-unsaturated/α-hetero) is 1. The molecule has 10 heteroatoms. The summed E-state index contributed by atoms with van der Waals surface area (Å²) in [5.41, 5.74) is 0.987.